The van der Waals surface area contributed by atoms with E-state index in [1.54, 1.807) is 6.92 Å². The normalized spacial score (nSPS) is 12.4. The zero-order valence-corrected chi connectivity index (χ0v) is 12.3. The summed E-state index contributed by atoms with van der Waals surface area (Å²) in [4.78, 5) is 11.0. The predicted molar refractivity (Wildman–Crippen MR) is 76.8 cm³/mol. The Morgan fingerprint density at radius 2 is 1.84 bits per heavy atom. The van der Waals surface area contributed by atoms with Crippen LogP contribution in [0, 0.1) is 0 Å². The third kappa shape index (κ3) is 5.56. The number of hydrogen-bond acceptors (Lipinski definition) is 4. The van der Waals surface area contributed by atoms with Crippen LogP contribution in [-0.2, 0) is 14.8 Å². The molecule has 0 saturated carbocycles. The molecule has 0 aromatic heterocycles. The van der Waals surface area contributed by atoms with Gasteiger partial charge >= 0.3 is 0 Å². The maximum Gasteiger partial charge on any atom is 0.240 e. The summed E-state index contributed by atoms with van der Waals surface area (Å²) in [6, 6.07) is 5.59. The number of hydrogen-bond donors (Lipinski definition) is 3. The fraction of sp³-hybridized carbons (Fsp3) is 0.364. The third-order valence-corrected chi connectivity index (χ3v) is 3.80. The Balaban J connectivity index is 0.00000324. The van der Waals surface area contributed by atoms with Crippen LogP contribution >= 0.6 is 12.4 Å². The number of nitrogens with one attached hydrogen (secondary N) is 2. The van der Waals surface area contributed by atoms with Crippen LogP contribution in [0.1, 0.15) is 13.8 Å². The number of carbonyl (C=O) groups excluding carboxylic acids is 1. The highest BCUT2D eigenvalue weighted by Gasteiger charge is 2.16. The first kappa shape index (κ1) is 17.8. The molecule has 1 aromatic carbocycles. The molecule has 0 saturated heterocycles. The molecule has 1 amide bonds. The van der Waals surface area contributed by atoms with E-state index >= 15 is 0 Å². The molecule has 19 heavy (non-hydrogen) atoms. The lowest BCUT2D eigenvalue weighted by atomic mass is 10.3. The van der Waals surface area contributed by atoms with Gasteiger partial charge < -0.3 is 11.1 Å². The number of anilines is 1. The fourth-order valence-electron chi connectivity index (χ4n) is 1.30. The topological polar surface area (TPSA) is 101 Å². The van der Waals surface area contributed by atoms with Gasteiger partial charge in [0.25, 0.3) is 0 Å². The molecule has 0 bridgehead atoms. The average molecular weight is 308 g/mol. The van der Waals surface area contributed by atoms with E-state index in [4.69, 9.17) is 5.73 Å². The van der Waals surface area contributed by atoms with Crippen LogP contribution in [0.4, 0.5) is 5.69 Å². The molecule has 0 radical (unpaired) electrons. The molecule has 0 unspecified atom stereocenters. The second-order valence-electron chi connectivity index (χ2n) is 3.96. The molecule has 108 valence electrons. The molecule has 0 spiro atoms. The summed E-state index contributed by atoms with van der Waals surface area (Å²) >= 11 is 0. The number of benzene rings is 1. The van der Waals surface area contributed by atoms with Gasteiger partial charge in [0.1, 0.15) is 0 Å². The van der Waals surface area contributed by atoms with E-state index in [2.05, 4.69) is 10.0 Å². The van der Waals surface area contributed by atoms with Gasteiger partial charge in [0.15, 0.2) is 0 Å². The Hall–Kier alpha value is -1.15. The molecule has 6 nitrogen and oxygen atoms in total. The van der Waals surface area contributed by atoms with Crippen LogP contribution in [-0.4, -0.2) is 26.9 Å². The van der Waals surface area contributed by atoms with Crippen LogP contribution in [0.3, 0.4) is 0 Å². The second-order valence-corrected chi connectivity index (χ2v) is 5.68. The molecule has 8 heteroatoms. The zero-order valence-electron chi connectivity index (χ0n) is 10.7. The molecule has 0 aliphatic rings. The lowest BCUT2D eigenvalue weighted by Gasteiger charge is -2.12. The minimum atomic E-state index is -3.56. The number of halogens is 1. The Kier molecular flexibility index (Phi) is 6.99. The standard InChI is InChI=1S/C11H17N3O3S.ClH/c1-8(7-12)14-18(16,17)11-5-3-10(4-6-11)13-9(2)15;/h3-6,8,14H,7,12H2,1-2H3,(H,13,15);1H/t8-;/m0./s1. The highest BCUT2D eigenvalue weighted by Crippen LogP contribution is 2.14. The number of nitrogens with two attached hydrogens (primary N) is 1. The molecular weight excluding hydrogens is 290 g/mol. The summed E-state index contributed by atoms with van der Waals surface area (Å²) in [5.74, 6) is -0.208. The number of sulfonamides is 1. The van der Waals surface area contributed by atoms with E-state index in [9.17, 15) is 13.2 Å². The van der Waals surface area contributed by atoms with Gasteiger partial charge in [0.05, 0.1) is 4.90 Å². The van der Waals surface area contributed by atoms with Crippen LogP contribution in [0.5, 0.6) is 0 Å². The van der Waals surface area contributed by atoms with Gasteiger partial charge in [-0.05, 0) is 31.2 Å². The minimum Gasteiger partial charge on any atom is -0.329 e. The van der Waals surface area contributed by atoms with Crippen LogP contribution in [0.25, 0.3) is 0 Å². The Morgan fingerprint density at radius 3 is 2.26 bits per heavy atom. The van der Waals surface area contributed by atoms with Crippen molar-refractivity contribution in [3.8, 4) is 0 Å². The minimum absolute atomic E-state index is 0. The number of rotatable bonds is 5. The van der Waals surface area contributed by atoms with Crippen molar-refractivity contribution in [2.75, 3.05) is 11.9 Å². The van der Waals surface area contributed by atoms with Gasteiger partial charge in [0, 0.05) is 25.2 Å². The summed E-state index contributed by atoms with van der Waals surface area (Å²) in [7, 11) is -3.56. The van der Waals surface area contributed by atoms with Crippen molar-refractivity contribution in [1.29, 1.82) is 0 Å². The number of carbonyl (C=O) groups is 1. The average Bonchev–Trinajstić information content (AvgIpc) is 2.28. The maximum absolute atomic E-state index is 11.9. The summed E-state index contributed by atoms with van der Waals surface area (Å²) in [5, 5.41) is 2.56. The van der Waals surface area contributed by atoms with E-state index in [0.29, 0.717) is 5.69 Å². The summed E-state index contributed by atoms with van der Waals surface area (Å²) in [6.45, 7) is 3.29. The highest BCUT2D eigenvalue weighted by molar-refractivity contribution is 7.89. The van der Waals surface area contributed by atoms with Crippen molar-refractivity contribution in [3.63, 3.8) is 0 Å². The fourth-order valence-corrected chi connectivity index (χ4v) is 2.56. The lowest BCUT2D eigenvalue weighted by Crippen LogP contribution is -2.37. The zero-order chi connectivity index (χ0) is 13.8. The van der Waals surface area contributed by atoms with Gasteiger partial charge in [-0.25, -0.2) is 13.1 Å². The molecule has 1 rings (SSSR count). The van der Waals surface area contributed by atoms with Crippen molar-refractivity contribution in [2.24, 2.45) is 5.73 Å². The van der Waals surface area contributed by atoms with E-state index < -0.39 is 10.0 Å². The molecule has 1 aromatic rings. The van der Waals surface area contributed by atoms with Gasteiger partial charge in [-0.15, -0.1) is 12.4 Å². The monoisotopic (exact) mass is 307 g/mol. The maximum atomic E-state index is 11.9. The molecule has 1 atom stereocenters. The van der Waals surface area contributed by atoms with Crippen LogP contribution in [0.15, 0.2) is 29.2 Å². The van der Waals surface area contributed by atoms with Crippen molar-refractivity contribution in [3.05, 3.63) is 24.3 Å². The van der Waals surface area contributed by atoms with Crippen molar-refractivity contribution in [2.45, 2.75) is 24.8 Å². The molecule has 0 aliphatic carbocycles. The predicted octanol–water partition coefficient (Wildman–Crippen LogP) is 0.692. The van der Waals surface area contributed by atoms with Gasteiger partial charge in [0.2, 0.25) is 15.9 Å². The Morgan fingerprint density at radius 1 is 1.32 bits per heavy atom. The van der Waals surface area contributed by atoms with Gasteiger partial charge in [-0.3, -0.25) is 4.79 Å². The van der Waals surface area contributed by atoms with E-state index in [-0.39, 0.29) is 35.8 Å². The molecular formula is C11H18ClN3O3S. The first-order chi connectivity index (χ1) is 8.35. The third-order valence-electron chi connectivity index (χ3n) is 2.19. The Bertz CT molecular complexity index is 516. The number of amides is 1. The van der Waals surface area contributed by atoms with E-state index in [0.717, 1.165) is 0 Å². The molecule has 0 heterocycles. The van der Waals surface area contributed by atoms with Crippen LogP contribution < -0.4 is 15.8 Å². The smallest absolute Gasteiger partial charge is 0.240 e. The summed E-state index contributed by atoms with van der Waals surface area (Å²) in [5.41, 5.74) is 5.91. The highest BCUT2D eigenvalue weighted by atomic mass is 35.5. The van der Waals surface area contributed by atoms with E-state index in [1.807, 2.05) is 0 Å². The first-order valence-corrected chi connectivity index (χ1v) is 6.93. The summed E-state index contributed by atoms with van der Waals surface area (Å²) < 4.78 is 26.2. The quantitative estimate of drug-likeness (QED) is 0.745. The molecule has 4 N–H and O–H groups in total. The van der Waals surface area contributed by atoms with Gasteiger partial charge in [-0.2, -0.15) is 0 Å². The Labute approximate surface area is 119 Å². The van der Waals surface area contributed by atoms with Crippen molar-refractivity contribution >= 4 is 34.0 Å². The SMILES string of the molecule is CC(=O)Nc1ccc(S(=O)(=O)N[C@@H](C)CN)cc1.Cl. The first-order valence-electron chi connectivity index (χ1n) is 5.45. The molecule has 0 fully saturated rings. The molecule has 0 aliphatic heterocycles. The lowest BCUT2D eigenvalue weighted by molar-refractivity contribution is -0.114. The second kappa shape index (κ2) is 7.44. The van der Waals surface area contributed by atoms with Gasteiger partial charge in [-0.1, -0.05) is 0 Å². The van der Waals surface area contributed by atoms with E-state index in [1.165, 1.54) is 31.2 Å². The van der Waals surface area contributed by atoms with Crippen LogP contribution in [0.2, 0.25) is 0 Å². The summed E-state index contributed by atoms with van der Waals surface area (Å²) in [6.07, 6.45) is 0. The largest absolute Gasteiger partial charge is 0.329 e. The van der Waals surface area contributed by atoms with Crippen molar-refractivity contribution in [1.82, 2.24) is 4.72 Å². The van der Waals surface area contributed by atoms with Crippen molar-refractivity contribution < 1.29 is 13.2 Å².